The molecule has 0 saturated heterocycles. The minimum Gasteiger partial charge on any atom is -0.496 e. The Morgan fingerprint density at radius 2 is 1.62 bits per heavy atom. The third-order valence-corrected chi connectivity index (χ3v) is 4.03. The maximum absolute atomic E-state index is 5.54. The molecule has 0 saturated carbocycles. The van der Waals surface area contributed by atoms with Crippen LogP contribution in [0.5, 0.6) is 5.75 Å². The fraction of sp³-hybridized carbons (Fsp3) is 0.600. The van der Waals surface area contributed by atoms with Crippen molar-refractivity contribution in [1.29, 1.82) is 0 Å². The van der Waals surface area contributed by atoms with E-state index in [1.54, 1.807) is 7.11 Å². The van der Waals surface area contributed by atoms with Gasteiger partial charge in [0.25, 0.3) is 0 Å². The molecule has 0 N–H and O–H groups in total. The van der Waals surface area contributed by atoms with E-state index in [4.69, 9.17) is 4.74 Å². The van der Waals surface area contributed by atoms with E-state index in [0.29, 0.717) is 0 Å². The molecule has 0 heterocycles. The van der Waals surface area contributed by atoms with E-state index in [0.717, 1.165) is 5.75 Å². The summed E-state index contributed by atoms with van der Waals surface area (Å²) in [5.74, 6) is 1.05. The van der Waals surface area contributed by atoms with Crippen LogP contribution in [0.2, 0.25) is 0 Å². The molecule has 0 spiro atoms. The minimum absolute atomic E-state index is 0.234. The molecule has 1 aliphatic rings. The number of hydrogen-bond acceptors (Lipinski definition) is 1. The Labute approximate surface area is 98.8 Å². The Kier molecular flexibility index (Phi) is 2.52. The molecule has 0 atom stereocenters. The Hall–Kier alpha value is -0.980. The number of benzene rings is 1. The summed E-state index contributed by atoms with van der Waals surface area (Å²) in [5, 5.41) is 0. The van der Waals surface area contributed by atoms with Gasteiger partial charge in [-0.05, 0) is 35.3 Å². The van der Waals surface area contributed by atoms with E-state index >= 15 is 0 Å². The number of ether oxygens (including phenoxy) is 1. The van der Waals surface area contributed by atoms with E-state index in [1.165, 1.54) is 24.0 Å². The molecule has 0 radical (unpaired) electrons. The Bertz CT molecular complexity index is 402. The number of methoxy groups -OCH3 is 1. The summed E-state index contributed by atoms with van der Waals surface area (Å²) in [6.45, 7) is 9.31. The summed E-state index contributed by atoms with van der Waals surface area (Å²) < 4.78 is 5.54. The van der Waals surface area contributed by atoms with Gasteiger partial charge in [-0.3, -0.25) is 0 Å². The Balaban J connectivity index is 2.69. The second kappa shape index (κ2) is 3.51. The zero-order valence-electron chi connectivity index (χ0n) is 11.1. The first-order valence-electron chi connectivity index (χ1n) is 6.06. The standard InChI is InChI=1S/C15H22O/c1-14(2)9-10-15(3,4)13-11(14)7-6-8-12(13)16-5/h6-8H,9-10H2,1-5H3. The average molecular weight is 218 g/mol. The van der Waals surface area contributed by atoms with Crippen molar-refractivity contribution in [2.24, 2.45) is 0 Å². The second-order valence-corrected chi connectivity index (χ2v) is 6.15. The van der Waals surface area contributed by atoms with Crippen LogP contribution >= 0.6 is 0 Å². The van der Waals surface area contributed by atoms with Crippen molar-refractivity contribution in [2.45, 2.75) is 51.4 Å². The summed E-state index contributed by atoms with van der Waals surface area (Å²) in [6, 6.07) is 6.46. The summed E-state index contributed by atoms with van der Waals surface area (Å²) in [5.41, 5.74) is 3.38. The van der Waals surface area contributed by atoms with Crippen LogP contribution in [-0.2, 0) is 10.8 Å². The Morgan fingerprint density at radius 1 is 1.00 bits per heavy atom. The summed E-state index contributed by atoms with van der Waals surface area (Å²) >= 11 is 0. The first-order chi connectivity index (χ1) is 7.38. The van der Waals surface area contributed by atoms with E-state index in [-0.39, 0.29) is 10.8 Å². The van der Waals surface area contributed by atoms with Gasteiger partial charge in [0.2, 0.25) is 0 Å². The van der Waals surface area contributed by atoms with Gasteiger partial charge in [-0.1, -0.05) is 39.8 Å². The molecule has 2 rings (SSSR count). The zero-order chi connectivity index (χ0) is 12.0. The van der Waals surface area contributed by atoms with Gasteiger partial charge < -0.3 is 4.74 Å². The van der Waals surface area contributed by atoms with Crippen molar-refractivity contribution in [3.05, 3.63) is 29.3 Å². The van der Waals surface area contributed by atoms with E-state index < -0.39 is 0 Å². The predicted molar refractivity (Wildman–Crippen MR) is 68.3 cm³/mol. The normalized spacial score (nSPS) is 21.3. The number of hydrogen-bond donors (Lipinski definition) is 0. The van der Waals surface area contributed by atoms with Crippen LogP contribution in [-0.4, -0.2) is 7.11 Å². The summed E-state index contributed by atoms with van der Waals surface area (Å²) in [6.07, 6.45) is 2.48. The van der Waals surface area contributed by atoms with Crippen molar-refractivity contribution in [3.8, 4) is 5.75 Å². The molecule has 1 aliphatic carbocycles. The van der Waals surface area contributed by atoms with E-state index in [1.807, 2.05) is 0 Å². The highest BCUT2D eigenvalue weighted by atomic mass is 16.5. The monoisotopic (exact) mass is 218 g/mol. The highest BCUT2D eigenvalue weighted by Gasteiger charge is 2.38. The molecular formula is C15H22O. The molecule has 1 aromatic carbocycles. The smallest absolute Gasteiger partial charge is 0.122 e. The molecule has 0 unspecified atom stereocenters. The Morgan fingerprint density at radius 3 is 2.25 bits per heavy atom. The van der Waals surface area contributed by atoms with Crippen LogP contribution in [0.15, 0.2) is 18.2 Å². The van der Waals surface area contributed by atoms with Gasteiger partial charge in [0, 0.05) is 5.56 Å². The topological polar surface area (TPSA) is 9.23 Å². The molecule has 1 heteroatoms. The van der Waals surface area contributed by atoms with Gasteiger partial charge in [0.15, 0.2) is 0 Å². The predicted octanol–water partition coefficient (Wildman–Crippen LogP) is 4.04. The van der Waals surface area contributed by atoms with Gasteiger partial charge in [0.1, 0.15) is 5.75 Å². The summed E-state index contributed by atoms with van der Waals surface area (Å²) in [4.78, 5) is 0. The van der Waals surface area contributed by atoms with Crippen LogP contribution in [0, 0.1) is 0 Å². The molecule has 0 amide bonds. The highest BCUT2D eigenvalue weighted by Crippen LogP contribution is 2.48. The molecule has 0 fully saturated rings. The van der Waals surface area contributed by atoms with Gasteiger partial charge in [-0.15, -0.1) is 0 Å². The highest BCUT2D eigenvalue weighted by molar-refractivity contribution is 5.49. The fourth-order valence-corrected chi connectivity index (χ4v) is 2.85. The third kappa shape index (κ3) is 1.63. The maximum Gasteiger partial charge on any atom is 0.122 e. The van der Waals surface area contributed by atoms with Gasteiger partial charge in [-0.25, -0.2) is 0 Å². The van der Waals surface area contributed by atoms with Crippen molar-refractivity contribution < 1.29 is 4.74 Å². The van der Waals surface area contributed by atoms with Crippen LogP contribution in [0.1, 0.15) is 51.7 Å². The molecule has 1 aromatic rings. The molecule has 0 aromatic heterocycles. The summed E-state index contributed by atoms with van der Waals surface area (Å²) in [7, 11) is 1.77. The third-order valence-electron chi connectivity index (χ3n) is 4.03. The van der Waals surface area contributed by atoms with E-state index in [9.17, 15) is 0 Å². The van der Waals surface area contributed by atoms with Crippen LogP contribution < -0.4 is 4.74 Å². The van der Waals surface area contributed by atoms with Gasteiger partial charge >= 0.3 is 0 Å². The SMILES string of the molecule is COc1cccc2c1C(C)(C)CCC2(C)C. The van der Waals surface area contributed by atoms with Crippen LogP contribution in [0.3, 0.4) is 0 Å². The molecule has 0 aliphatic heterocycles. The fourth-order valence-electron chi connectivity index (χ4n) is 2.85. The molecule has 1 nitrogen and oxygen atoms in total. The van der Waals surface area contributed by atoms with E-state index in [2.05, 4.69) is 45.9 Å². The quantitative estimate of drug-likeness (QED) is 0.691. The van der Waals surface area contributed by atoms with Crippen LogP contribution in [0.4, 0.5) is 0 Å². The lowest BCUT2D eigenvalue weighted by Crippen LogP contribution is -2.34. The molecule has 0 bridgehead atoms. The first kappa shape index (κ1) is 11.5. The van der Waals surface area contributed by atoms with Crippen molar-refractivity contribution in [2.75, 3.05) is 7.11 Å². The minimum atomic E-state index is 0.234. The zero-order valence-corrected chi connectivity index (χ0v) is 11.1. The number of rotatable bonds is 1. The number of fused-ring (bicyclic) bond motifs is 1. The average Bonchev–Trinajstić information content (AvgIpc) is 2.24. The van der Waals surface area contributed by atoms with Crippen LogP contribution in [0.25, 0.3) is 0 Å². The lowest BCUT2D eigenvalue weighted by molar-refractivity contribution is 0.312. The van der Waals surface area contributed by atoms with Crippen molar-refractivity contribution in [3.63, 3.8) is 0 Å². The first-order valence-corrected chi connectivity index (χ1v) is 6.06. The second-order valence-electron chi connectivity index (χ2n) is 6.15. The van der Waals surface area contributed by atoms with Gasteiger partial charge in [-0.2, -0.15) is 0 Å². The molecule has 88 valence electrons. The maximum atomic E-state index is 5.54. The lowest BCUT2D eigenvalue weighted by Gasteiger charge is -2.42. The largest absolute Gasteiger partial charge is 0.496 e. The lowest BCUT2D eigenvalue weighted by atomic mass is 9.63. The van der Waals surface area contributed by atoms with Gasteiger partial charge in [0.05, 0.1) is 7.11 Å². The van der Waals surface area contributed by atoms with Crippen molar-refractivity contribution in [1.82, 2.24) is 0 Å². The molecule has 16 heavy (non-hydrogen) atoms. The van der Waals surface area contributed by atoms with Crippen molar-refractivity contribution >= 4 is 0 Å². The molecular weight excluding hydrogens is 196 g/mol.